The van der Waals surface area contributed by atoms with Crippen molar-refractivity contribution in [1.29, 1.82) is 0 Å². The van der Waals surface area contributed by atoms with Crippen LogP contribution in [-0.2, 0) is 6.54 Å². The smallest absolute Gasteiger partial charge is 0.257 e. The molecule has 0 aliphatic rings. The number of pyridine rings is 1. The van der Waals surface area contributed by atoms with Crippen LogP contribution in [0.3, 0.4) is 0 Å². The highest BCUT2D eigenvalue weighted by Crippen LogP contribution is 2.10. The average molecular weight is 345 g/mol. The average Bonchev–Trinajstić information content (AvgIpc) is 2.68. The molecule has 130 valence electrons. The molecule has 2 aromatic carbocycles. The zero-order valence-corrected chi connectivity index (χ0v) is 14.4. The Hall–Kier alpha value is -3.47. The van der Waals surface area contributed by atoms with Crippen LogP contribution in [0.2, 0.25) is 0 Å². The molecule has 2 amide bonds. The highest BCUT2D eigenvalue weighted by Gasteiger charge is 2.11. The number of benzene rings is 2. The summed E-state index contributed by atoms with van der Waals surface area (Å²) in [6.45, 7) is 2.43. The third-order valence-corrected chi connectivity index (χ3v) is 3.87. The molecular formula is C21H19N3O2. The van der Waals surface area contributed by atoms with Crippen LogP contribution < -0.4 is 10.6 Å². The summed E-state index contributed by atoms with van der Waals surface area (Å²) in [6, 6.07) is 18.6. The van der Waals surface area contributed by atoms with Gasteiger partial charge in [0, 0.05) is 24.6 Å². The second kappa shape index (κ2) is 8.07. The fourth-order valence-corrected chi connectivity index (χ4v) is 2.40. The summed E-state index contributed by atoms with van der Waals surface area (Å²) in [7, 11) is 0. The highest BCUT2D eigenvalue weighted by atomic mass is 16.2. The summed E-state index contributed by atoms with van der Waals surface area (Å²) in [6.07, 6.45) is 2.89. The Morgan fingerprint density at radius 1 is 0.885 bits per heavy atom. The van der Waals surface area contributed by atoms with Gasteiger partial charge in [-0.25, -0.2) is 0 Å². The second-order valence-corrected chi connectivity index (χ2v) is 5.95. The number of aromatic nitrogens is 1. The molecule has 0 aliphatic heterocycles. The lowest BCUT2D eigenvalue weighted by Gasteiger charge is -2.08. The van der Waals surface area contributed by atoms with Gasteiger partial charge in [0.05, 0.1) is 11.1 Å². The lowest BCUT2D eigenvalue weighted by molar-refractivity contribution is 0.0950. The summed E-state index contributed by atoms with van der Waals surface area (Å²) >= 11 is 0. The standard InChI is InChI=1S/C21H19N3O2/c1-15-7-9-16(10-8-15)12-23-20(25)17-11-18(14-22-13-17)21(26)24-19-5-3-2-4-6-19/h2-11,13-14H,12H2,1H3,(H,23,25)(H,24,26). The SMILES string of the molecule is Cc1ccc(CNC(=O)c2cncc(C(=O)Nc3ccccc3)c2)cc1. The van der Waals surface area contributed by atoms with Gasteiger partial charge in [0.1, 0.15) is 0 Å². The Balaban J connectivity index is 1.65. The molecular weight excluding hydrogens is 326 g/mol. The Morgan fingerprint density at radius 2 is 1.54 bits per heavy atom. The van der Waals surface area contributed by atoms with Gasteiger partial charge in [-0.2, -0.15) is 0 Å². The zero-order valence-electron chi connectivity index (χ0n) is 14.4. The molecule has 0 bridgehead atoms. The zero-order chi connectivity index (χ0) is 18.4. The lowest BCUT2D eigenvalue weighted by Crippen LogP contribution is -2.23. The van der Waals surface area contributed by atoms with E-state index in [4.69, 9.17) is 0 Å². The first-order valence-corrected chi connectivity index (χ1v) is 8.27. The summed E-state index contributed by atoms with van der Waals surface area (Å²) < 4.78 is 0. The van der Waals surface area contributed by atoms with Crippen molar-refractivity contribution < 1.29 is 9.59 Å². The predicted molar refractivity (Wildman–Crippen MR) is 101 cm³/mol. The van der Waals surface area contributed by atoms with Crippen molar-refractivity contribution in [3.8, 4) is 0 Å². The predicted octanol–water partition coefficient (Wildman–Crippen LogP) is 3.57. The molecule has 5 heteroatoms. The number of amides is 2. The molecule has 0 saturated carbocycles. The van der Waals surface area contributed by atoms with Gasteiger partial charge in [-0.3, -0.25) is 14.6 Å². The molecule has 0 radical (unpaired) electrons. The molecule has 2 N–H and O–H groups in total. The van der Waals surface area contributed by atoms with Gasteiger partial charge in [0.2, 0.25) is 0 Å². The molecule has 0 unspecified atom stereocenters. The number of carbonyl (C=O) groups is 2. The number of carbonyl (C=O) groups excluding carboxylic acids is 2. The second-order valence-electron chi connectivity index (χ2n) is 5.95. The Labute approximate surface area is 152 Å². The van der Waals surface area contributed by atoms with Gasteiger partial charge in [-0.05, 0) is 30.7 Å². The fraction of sp³-hybridized carbons (Fsp3) is 0.0952. The number of hydrogen-bond acceptors (Lipinski definition) is 3. The maximum atomic E-state index is 12.3. The van der Waals surface area contributed by atoms with E-state index in [-0.39, 0.29) is 11.8 Å². The van der Waals surface area contributed by atoms with Crippen molar-refractivity contribution in [3.05, 3.63) is 95.3 Å². The van der Waals surface area contributed by atoms with Gasteiger partial charge in [0.15, 0.2) is 0 Å². The van der Waals surface area contributed by atoms with E-state index in [2.05, 4.69) is 15.6 Å². The van der Waals surface area contributed by atoms with Crippen molar-refractivity contribution >= 4 is 17.5 Å². The van der Waals surface area contributed by atoms with Crippen molar-refractivity contribution in [2.75, 3.05) is 5.32 Å². The van der Waals surface area contributed by atoms with Gasteiger partial charge < -0.3 is 10.6 Å². The number of anilines is 1. The molecule has 0 spiro atoms. The van der Waals surface area contributed by atoms with Crippen LogP contribution in [0, 0.1) is 6.92 Å². The minimum atomic E-state index is -0.308. The maximum Gasteiger partial charge on any atom is 0.257 e. The summed E-state index contributed by atoms with van der Waals surface area (Å²) in [4.78, 5) is 28.7. The minimum absolute atomic E-state index is 0.271. The molecule has 5 nitrogen and oxygen atoms in total. The molecule has 1 heterocycles. The maximum absolute atomic E-state index is 12.3. The first kappa shape index (κ1) is 17.4. The van der Waals surface area contributed by atoms with E-state index >= 15 is 0 Å². The third kappa shape index (κ3) is 4.54. The number of para-hydroxylation sites is 1. The lowest BCUT2D eigenvalue weighted by atomic mass is 10.1. The molecule has 0 saturated heterocycles. The van der Waals surface area contributed by atoms with Gasteiger partial charge in [-0.1, -0.05) is 48.0 Å². The van der Waals surface area contributed by atoms with Crippen LogP contribution in [0.15, 0.2) is 73.1 Å². The molecule has 1 aromatic heterocycles. The fourth-order valence-electron chi connectivity index (χ4n) is 2.40. The molecule has 3 aromatic rings. The van der Waals surface area contributed by atoms with Gasteiger partial charge in [0.25, 0.3) is 11.8 Å². The van der Waals surface area contributed by atoms with Crippen LogP contribution in [-0.4, -0.2) is 16.8 Å². The quantitative estimate of drug-likeness (QED) is 0.742. The Bertz CT molecular complexity index is 906. The van der Waals surface area contributed by atoms with E-state index in [1.165, 1.54) is 24.0 Å². The van der Waals surface area contributed by atoms with Crippen molar-refractivity contribution in [2.45, 2.75) is 13.5 Å². The summed E-state index contributed by atoms with van der Waals surface area (Å²) in [5, 5.41) is 5.62. The van der Waals surface area contributed by atoms with E-state index in [9.17, 15) is 9.59 Å². The molecule has 0 aliphatic carbocycles. The van der Waals surface area contributed by atoms with Crippen LogP contribution in [0.4, 0.5) is 5.69 Å². The third-order valence-electron chi connectivity index (χ3n) is 3.87. The Kier molecular flexibility index (Phi) is 5.39. The number of rotatable bonds is 5. The molecule has 0 atom stereocenters. The van der Waals surface area contributed by atoms with Crippen LogP contribution in [0.1, 0.15) is 31.8 Å². The van der Waals surface area contributed by atoms with E-state index in [1.807, 2.05) is 49.4 Å². The van der Waals surface area contributed by atoms with Crippen molar-refractivity contribution in [1.82, 2.24) is 10.3 Å². The van der Waals surface area contributed by atoms with Crippen LogP contribution in [0.25, 0.3) is 0 Å². The van der Waals surface area contributed by atoms with Gasteiger partial charge >= 0.3 is 0 Å². The van der Waals surface area contributed by atoms with Crippen LogP contribution in [0.5, 0.6) is 0 Å². The van der Waals surface area contributed by atoms with E-state index < -0.39 is 0 Å². The first-order chi connectivity index (χ1) is 12.6. The number of nitrogens with one attached hydrogen (secondary N) is 2. The topological polar surface area (TPSA) is 71.1 Å². The highest BCUT2D eigenvalue weighted by molar-refractivity contribution is 6.05. The van der Waals surface area contributed by atoms with E-state index in [0.29, 0.717) is 23.4 Å². The summed E-state index contributed by atoms with van der Waals surface area (Å²) in [5.41, 5.74) is 3.54. The minimum Gasteiger partial charge on any atom is -0.348 e. The van der Waals surface area contributed by atoms with Crippen molar-refractivity contribution in [2.24, 2.45) is 0 Å². The van der Waals surface area contributed by atoms with Gasteiger partial charge in [-0.15, -0.1) is 0 Å². The largest absolute Gasteiger partial charge is 0.348 e. The number of aryl methyl sites for hydroxylation is 1. The first-order valence-electron chi connectivity index (χ1n) is 8.27. The van der Waals surface area contributed by atoms with E-state index in [1.54, 1.807) is 12.1 Å². The number of nitrogens with zero attached hydrogens (tertiary/aromatic N) is 1. The molecule has 3 rings (SSSR count). The number of hydrogen-bond donors (Lipinski definition) is 2. The summed E-state index contributed by atoms with van der Waals surface area (Å²) in [5.74, 6) is -0.579. The molecule has 0 fully saturated rings. The van der Waals surface area contributed by atoms with Crippen LogP contribution >= 0.6 is 0 Å². The molecule has 26 heavy (non-hydrogen) atoms. The monoisotopic (exact) mass is 345 g/mol. The Morgan fingerprint density at radius 3 is 2.23 bits per heavy atom. The van der Waals surface area contributed by atoms with Crippen molar-refractivity contribution in [3.63, 3.8) is 0 Å². The van der Waals surface area contributed by atoms with E-state index in [0.717, 1.165) is 5.56 Å². The normalized spacial score (nSPS) is 10.2.